The molecule has 0 spiro atoms. The quantitative estimate of drug-likeness (QED) is 0.589. The fourth-order valence-electron chi connectivity index (χ4n) is 5.00. The van der Waals surface area contributed by atoms with Gasteiger partial charge in [0.25, 0.3) is 0 Å². The molecule has 131 valence electrons. The number of benzene rings is 2. The second-order valence-electron chi connectivity index (χ2n) is 7.79. The van der Waals surface area contributed by atoms with Gasteiger partial charge in [-0.3, -0.25) is 0 Å². The van der Waals surface area contributed by atoms with Crippen molar-refractivity contribution in [2.24, 2.45) is 0 Å². The third-order valence-electron chi connectivity index (χ3n) is 6.37. The van der Waals surface area contributed by atoms with Crippen LogP contribution in [0.1, 0.15) is 35.1 Å². The van der Waals surface area contributed by atoms with Crippen LogP contribution in [-0.4, -0.2) is 8.07 Å². The first kappa shape index (κ1) is 20.2. The number of rotatable bonds is 2. The summed E-state index contributed by atoms with van der Waals surface area (Å²) in [7, 11) is -1.22. The molecule has 1 unspecified atom stereocenters. The van der Waals surface area contributed by atoms with Crippen LogP contribution in [0.4, 0.5) is 0 Å². The molecule has 0 saturated carbocycles. The molecule has 26 heavy (non-hydrogen) atoms. The van der Waals surface area contributed by atoms with Gasteiger partial charge in [0, 0.05) is 0 Å². The van der Waals surface area contributed by atoms with Gasteiger partial charge in [0.2, 0.25) is 0 Å². The van der Waals surface area contributed by atoms with E-state index in [1.807, 2.05) is 0 Å². The van der Waals surface area contributed by atoms with Crippen molar-refractivity contribution in [2.75, 3.05) is 0 Å². The van der Waals surface area contributed by atoms with E-state index in [1.54, 1.807) is 11.1 Å². The van der Waals surface area contributed by atoms with E-state index in [2.05, 4.69) is 81.6 Å². The van der Waals surface area contributed by atoms with Crippen LogP contribution >= 0.6 is 0 Å². The zero-order valence-electron chi connectivity index (χ0n) is 14.9. The van der Waals surface area contributed by atoms with E-state index < -0.39 is 8.07 Å². The molecule has 0 radical (unpaired) electrons. The van der Waals surface area contributed by atoms with Gasteiger partial charge >= 0.3 is 157 Å². The average molecular weight is 432 g/mol. The number of hydrogen-bond donors (Lipinski definition) is 0. The van der Waals surface area contributed by atoms with Crippen molar-refractivity contribution in [3.8, 4) is 11.1 Å². The average Bonchev–Trinajstić information content (AvgIpc) is 3.14. The number of fused-ring (bicyclic) bond motifs is 3. The molecule has 1 aliphatic heterocycles. The van der Waals surface area contributed by atoms with E-state index in [9.17, 15) is 0 Å². The van der Waals surface area contributed by atoms with Gasteiger partial charge in [-0.25, -0.2) is 0 Å². The molecule has 0 amide bonds. The third-order valence-corrected chi connectivity index (χ3v) is 12.1. The van der Waals surface area contributed by atoms with Crippen LogP contribution in [0, 0.1) is 0 Å². The minimum Gasteiger partial charge on any atom is -1.00 e. The van der Waals surface area contributed by atoms with Crippen LogP contribution in [-0.2, 0) is 20.4 Å². The molecule has 1 saturated heterocycles. The molecule has 1 fully saturated rings. The number of allylic oxidation sites excluding steroid dienone is 4. The summed E-state index contributed by atoms with van der Waals surface area (Å²) in [6.45, 7) is 2.65. The maximum absolute atomic E-state index is 2.65. The van der Waals surface area contributed by atoms with E-state index in [0.29, 0.717) is 5.54 Å². The number of hydrogen-bond acceptors (Lipinski definition) is 0. The van der Waals surface area contributed by atoms with Crippen molar-refractivity contribution in [1.82, 2.24) is 0 Å². The normalized spacial score (nSPS) is 21.4. The Bertz CT molecular complexity index is 912. The van der Waals surface area contributed by atoms with Crippen LogP contribution < -0.4 is 24.8 Å². The molecule has 0 aromatic heterocycles. The second kappa shape index (κ2) is 7.45. The van der Waals surface area contributed by atoms with E-state index in [-0.39, 0.29) is 24.8 Å². The SMILES string of the molecule is C[Si]1(C2c3ccccc3-c3cccc(C4=[C]([Ti+2])CC=C4)c32)CCC1.[Cl-].[Cl-]. The van der Waals surface area contributed by atoms with Gasteiger partial charge in [-0.05, 0) is 0 Å². The maximum Gasteiger partial charge on any atom is -1.00 e. The van der Waals surface area contributed by atoms with Crippen molar-refractivity contribution >= 4 is 13.6 Å². The maximum atomic E-state index is 2.65. The summed E-state index contributed by atoms with van der Waals surface area (Å²) in [4.78, 5) is 0. The zero-order valence-corrected chi connectivity index (χ0v) is 18.9. The standard InChI is InChI=1S/C22H21Si.2ClH.Ti/c1-23(14-7-15-23)22-20-11-5-4-10-18(20)19-13-6-12-17(21(19)22)16-8-2-3-9-16;;;/h2,4-6,8,10-13,22H,3,7,14-15H2,1H3;2*1H;/q;;;+2/p-2. The summed E-state index contributed by atoms with van der Waals surface area (Å²) in [5.41, 5.74) is 9.99. The minimum absolute atomic E-state index is 0. The molecule has 2 aromatic rings. The Kier molecular flexibility index (Phi) is 5.78. The summed E-state index contributed by atoms with van der Waals surface area (Å²) in [6, 6.07) is 19.2. The number of halogens is 2. The summed E-state index contributed by atoms with van der Waals surface area (Å²) < 4.78 is 1.53. The summed E-state index contributed by atoms with van der Waals surface area (Å²) in [5, 5.41) is 0. The van der Waals surface area contributed by atoms with E-state index in [0.717, 1.165) is 6.42 Å². The Morgan fingerprint density at radius 3 is 2.27 bits per heavy atom. The van der Waals surface area contributed by atoms with Crippen molar-refractivity contribution in [3.63, 3.8) is 0 Å². The Hall–Kier alpha value is -0.569. The summed E-state index contributed by atoms with van der Waals surface area (Å²) >= 11 is 2.30. The van der Waals surface area contributed by atoms with Crippen LogP contribution in [0.15, 0.2) is 58.5 Å². The van der Waals surface area contributed by atoms with Gasteiger partial charge in [-0.15, -0.1) is 0 Å². The Labute approximate surface area is 181 Å². The predicted molar refractivity (Wildman–Crippen MR) is 100 cm³/mol. The van der Waals surface area contributed by atoms with Gasteiger partial charge < -0.3 is 24.8 Å². The first-order valence-corrected chi connectivity index (χ1v) is 12.8. The first-order valence-electron chi connectivity index (χ1n) is 9.03. The van der Waals surface area contributed by atoms with Gasteiger partial charge in [-0.2, -0.15) is 0 Å². The molecule has 5 rings (SSSR count). The first-order chi connectivity index (χ1) is 11.7. The van der Waals surface area contributed by atoms with E-state index in [1.165, 1.54) is 44.7 Å². The zero-order chi connectivity index (χ0) is 16.3. The summed E-state index contributed by atoms with van der Waals surface area (Å²) in [5.74, 6) is 0. The molecule has 4 heteroatoms. The molecular formula is C22H21Cl2SiTi. The molecule has 2 aromatic carbocycles. The Morgan fingerprint density at radius 2 is 1.62 bits per heavy atom. The molecule has 1 heterocycles. The van der Waals surface area contributed by atoms with Crippen LogP contribution in [0.2, 0.25) is 18.6 Å². The Balaban J connectivity index is 0.000000980. The minimum atomic E-state index is -1.22. The molecule has 0 N–H and O–H groups in total. The Morgan fingerprint density at radius 1 is 0.923 bits per heavy atom. The molecular weight excluding hydrogens is 411 g/mol. The monoisotopic (exact) mass is 431 g/mol. The van der Waals surface area contributed by atoms with E-state index in [4.69, 9.17) is 0 Å². The molecule has 0 nitrogen and oxygen atoms in total. The van der Waals surface area contributed by atoms with Crippen LogP contribution in [0.3, 0.4) is 0 Å². The fraction of sp³-hybridized carbons (Fsp3) is 0.273. The predicted octanol–water partition coefficient (Wildman–Crippen LogP) is 0.0462. The van der Waals surface area contributed by atoms with Crippen LogP contribution in [0.5, 0.6) is 0 Å². The second-order valence-corrected chi connectivity index (χ2v) is 13.6. The van der Waals surface area contributed by atoms with Crippen LogP contribution in [0.25, 0.3) is 16.7 Å². The van der Waals surface area contributed by atoms with Crippen molar-refractivity contribution in [3.05, 3.63) is 75.2 Å². The third kappa shape index (κ3) is 2.84. The smallest absolute Gasteiger partial charge is 1.00 e. The molecule has 0 bridgehead atoms. The molecule has 2 aliphatic carbocycles. The van der Waals surface area contributed by atoms with Gasteiger partial charge in [0.1, 0.15) is 0 Å². The van der Waals surface area contributed by atoms with Crippen molar-refractivity contribution in [2.45, 2.75) is 37.0 Å². The fourth-order valence-corrected chi connectivity index (χ4v) is 9.58. The molecule has 1 atom stereocenters. The van der Waals surface area contributed by atoms with Gasteiger partial charge in [-0.1, -0.05) is 0 Å². The summed E-state index contributed by atoms with van der Waals surface area (Å²) in [6.07, 6.45) is 7.24. The van der Waals surface area contributed by atoms with Gasteiger partial charge in [0.05, 0.1) is 0 Å². The van der Waals surface area contributed by atoms with Crippen molar-refractivity contribution < 1.29 is 45.2 Å². The van der Waals surface area contributed by atoms with Crippen molar-refractivity contribution in [1.29, 1.82) is 0 Å². The van der Waals surface area contributed by atoms with E-state index >= 15 is 0 Å². The molecule has 3 aliphatic rings. The topological polar surface area (TPSA) is 0 Å². The van der Waals surface area contributed by atoms with Gasteiger partial charge in [0.15, 0.2) is 0 Å². The largest absolute Gasteiger partial charge is 1.00 e.